The molecule has 32 heavy (non-hydrogen) atoms. The number of aryl methyl sites for hydroxylation is 2. The summed E-state index contributed by atoms with van der Waals surface area (Å²) in [5.41, 5.74) is -0.612. The minimum absolute atomic E-state index is 0.00308. The molecule has 0 unspecified atom stereocenters. The van der Waals surface area contributed by atoms with Gasteiger partial charge < -0.3 is 10.6 Å². The van der Waals surface area contributed by atoms with Gasteiger partial charge in [-0.2, -0.15) is 13.2 Å². The molecule has 1 aliphatic rings. The highest BCUT2D eigenvalue weighted by atomic mass is 32.2. The van der Waals surface area contributed by atoms with Crippen LogP contribution in [0.1, 0.15) is 33.5 Å². The fourth-order valence-corrected chi connectivity index (χ4v) is 4.33. The number of nitrogens with zero attached hydrogens (tertiary/aromatic N) is 1. The Morgan fingerprint density at radius 2 is 1.94 bits per heavy atom. The van der Waals surface area contributed by atoms with E-state index in [-0.39, 0.29) is 40.7 Å². The zero-order chi connectivity index (χ0) is 23.3. The first-order valence-electron chi connectivity index (χ1n) is 10.3. The molecule has 0 spiro atoms. The number of alkyl halides is 3. The van der Waals surface area contributed by atoms with Crippen LogP contribution in [0.2, 0.25) is 0 Å². The molecular formula is C23H26F3N3O2S. The number of halogens is 3. The van der Waals surface area contributed by atoms with Crippen molar-refractivity contribution < 1.29 is 22.8 Å². The van der Waals surface area contributed by atoms with Crippen LogP contribution in [0.15, 0.2) is 47.4 Å². The Morgan fingerprint density at radius 1 is 1.16 bits per heavy atom. The summed E-state index contributed by atoms with van der Waals surface area (Å²) in [5, 5.41) is 5.39. The molecule has 1 saturated heterocycles. The third-order valence-electron chi connectivity index (χ3n) is 5.27. The van der Waals surface area contributed by atoms with Gasteiger partial charge in [0.15, 0.2) is 0 Å². The SMILES string of the molecule is Cc1ccc(CN2CC[C@@H](NC(=O)CNC(=O)c3cccc(SC(F)(F)F)c3)C2)c(C)c1. The molecule has 172 valence electrons. The molecule has 2 aromatic carbocycles. The van der Waals surface area contributed by atoms with Crippen molar-refractivity contribution in [3.05, 3.63) is 64.7 Å². The number of hydrogen-bond acceptors (Lipinski definition) is 4. The summed E-state index contributed by atoms with van der Waals surface area (Å²) in [5.74, 6) is -0.912. The summed E-state index contributed by atoms with van der Waals surface area (Å²) in [7, 11) is 0. The normalized spacial score (nSPS) is 16.7. The third-order valence-corrected chi connectivity index (χ3v) is 5.99. The molecule has 0 bridgehead atoms. The van der Waals surface area contributed by atoms with Crippen molar-refractivity contribution in [1.29, 1.82) is 0 Å². The second-order valence-electron chi connectivity index (χ2n) is 7.98. The lowest BCUT2D eigenvalue weighted by molar-refractivity contribution is -0.120. The lowest BCUT2D eigenvalue weighted by Crippen LogP contribution is -2.43. The molecule has 0 aromatic heterocycles. The van der Waals surface area contributed by atoms with E-state index in [1.54, 1.807) is 0 Å². The van der Waals surface area contributed by atoms with E-state index in [0.717, 1.165) is 32.1 Å². The van der Waals surface area contributed by atoms with E-state index in [1.807, 2.05) is 0 Å². The van der Waals surface area contributed by atoms with Crippen molar-refractivity contribution >= 4 is 23.6 Å². The predicted molar refractivity (Wildman–Crippen MR) is 118 cm³/mol. The molecular weight excluding hydrogens is 439 g/mol. The lowest BCUT2D eigenvalue weighted by Gasteiger charge is -2.18. The number of rotatable bonds is 7. The van der Waals surface area contributed by atoms with Crippen molar-refractivity contribution in [1.82, 2.24) is 15.5 Å². The number of amides is 2. The first kappa shape index (κ1) is 24.1. The van der Waals surface area contributed by atoms with Gasteiger partial charge in [-0.15, -0.1) is 0 Å². The number of hydrogen-bond donors (Lipinski definition) is 2. The van der Waals surface area contributed by atoms with Gasteiger partial charge in [-0.1, -0.05) is 29.8 Å². The van der Waals surface area contributed by atoms with Crippen molar-refractivity contribution in [2.45, 2.75) is 43.3 Å². The summed E-state index contributed by atoms with van der Waals surface area (Å²) >= 11 is -0.284. The fraction of sp³-hybridized carbons (Fsp3) is 0.391. The first-order chi connectivity index (χ1) is 15.1. The summed E-state index contributed by atoms with van der Waals surface area (Å²) in [4.78, 5) is 26.7. The van der Waals surface area contributed by atoms with E-state index in [2.05, 4.69) is 47.6 Å². The number of carbonyl (C=O) groups excluding carboxylic acids is 2. The van der Waals surface area contributed by atoms with E-state index in [1.165, 1.54) is 34.9 Å². The van der Waals surface area contributed by atoms with Crippen molar-refractivity contribution in [3.63, 3.8) is 0 Å². The van der Waals surface area contributed by atoms with Crippen LogP contribution in [-0.4, -0.2) is 47.9 Å². The molecule has 1 atom stereocenters. The summed E-state index contributed by atoms with van der Waals surface area (Å²) < 4.78 is 37.5. The molecule has 1 aliphatic heterocycles. The maximum absolute atomic E-state index is 12.5. The van der Waals surface area contributed by atoms with E-state index < -0.39 is 11.4 Å². The standard InChI is InChI=1S/C23H26F3N3O2S/c1-15-6-7-18(16(2)10-15)13-29-9-8-19(14-29)28-21(30)12-27-22(31)17-4-3-5-20(11-17)32-23(24,25)26/h3-7,10-11,19H,8-9,12-14H2,1-2H3,(H,27,31)(H,28,30)/t19-/m1/s1. The van der Waals surface area contributed by atoms with E-state index >= 15 is 0 Å². The van der Waals surface area contributed by atoms with Gasteiger partial charge in [0, 0.05) is 36.1 Å². The topological polar surface area (TPSA) is 61.4 Å². The highest BCUT2D eigenvalue weighted by Gasteiger charge is 2.29. The highest BCUT2D eigenvalue weighted by Crippen LogP contribution is 2.36. The molecule has 0 saturated carbocycles. The molecule has 2 N–H and O–H groups in total. The molecule has 1 heterocycles. The Kier molecular flexibility index (Phi) is 7.84. The third kappa shape index (κ3) is 7.27. The average molecular weight is 466 g/mol. The Labute approximate surface area is 189 Å². The number of thioether (sulfide) groups is 1. The Morgan fingerprint density at radius 3 is 2.66 bits per heavy atom. The molecule has 2 aromatic rings. The van der Waals surface area contributed by atoms with Crippen molar-refractivity contribution in [3.8, 4) is 0 Å². The van der Waals surface area contributed by atoms with Gasteiger partial charge in [-0.05, 0) is 61.4 Å². The highest BCUT2D eigenvalue weighted by molar-refractivity contribution is 8.00. The average Bonchev–Trinajstić information content (AvgIpc) is 3.14. The van der Waals surface area contributed by atoms with Crippen LogP contribution in [-0.2, 0) is 11.3 Å². The number of nitrogens with one attached hydrogen (secondary N) is 2. The lowest BCUT2D eigenvalue weighted by atomic mass is 10.1. The van der Waals surface area contributed by atoms with Gasteiger partial charge in [0.2, 0.25) is 5.91 Å². The minimum Gasteiger partial charge on any atom is -0.350 e. The van der Waals surface area contributed by atoms with Crippen molar-refractivity contribution in [2.24, 2.45) is 0 Å². The van der Waals surface area contributed by atoms with Gasteiger partial charge in [0.05, 0.1) is 6.54 Å². The number of likely N-dealkylation sites (tertiary alicyclic amines) is 1. The predicted octanol–water partition coefficient (Wildman–Crippen LogP) is 4.04. The van der Waals surface area contributed by atoms with Gasteiger partial charge in [0.25, 0.3) is 5.91 Å². The monoisotopic (exact) mass is 465 g/mol. The number of carbonyl (C=O) groups is 2. The van der Waals surface area contributed by atoms with E-state index in [4.69, 9.17) is 0 Å². The van der Waals surface area contributed by atoms with Crippen LogP contribution < -0.4 is 10.6 Å². The largest absolute Gasteiger partial charge is 0.446 e. The van der Waals surface area contributed by atoms with Crippen LogP contribution in [0, 0.1) is 13.8 Å². The smallest absolute Gasteiger partial charge is 0.350 e. The van der Waals surface area contributed by atoms with Crippen LogP contribution in [0.25, 0.3) is 0 Å². The van der Waals surface area contributed by atoms with Crippen LogP contribution >= 0.6 is 11.8 Å². The molecule has 9 heteroatoms. The fourth-order valence-electron chi connectivity index (χ4n) is 3.73. The van der Waals surface area contributed by atoms with Gasteiger partial charge >= 0.3 is 5.51 Å². The Bertz CT molecular complexity index is 981. The number of benzene rings is 2. The molecule has 0 radical (unpaired) electrons. The molecule has 1 fully saturated rings. The van der Waals surface area contributed by atoms with Gasteiger partial charge in [-0.25, -0.2) is 0 Å². The first-order valence-corrected chi connectivity index (χ1v) is 11.1. The maximum atomic E-state index is 12.5. The quantitative estimate of drug-likeness (QED) is 0.606. The van der Waals surface area contributed by atoms with Crippen LogP contribution in [0.3, 0.4) is 0 Å². The molecule has 2 amide bonds. The summed E-state index contributed by atoms with van der Waals surface area (Å²) in [6, 6.07) is 11.6. The van der Waals surface area contributed by atoms with Crippen molar-refractivity contribution in [2.75, 3.05) is 19.6 Å². The summed E-state index contributed by atoms with van der Waals surface area (Å²) in [6.45, 7) is 6.34. The Balaban J connectivity index is 1.44. The zero-order valence-electron chi connectivity index (χ0n) is 18.0. The van der Waals surface area contributed by atoms with Crippen LogP contribution in [0.4, 0.5) is 13.2 Å². The zero-order valence-corrected chi connectivity index (χ0v) is 18.8. The van der Waals surface area contributed by atoms with E-state index in [0.29, 0.717) is 0 Å². The van der Waals surface area contributed by atoms with Gasteiger partial charge in [-0.3, -0.25) is 14.5 Å². The van der Waals surface area contributed by atoms with Crippen LogP contribution in [0.5, 0.6) is 0 Å². The Hall–Kier alpha value is -2.52. The second kappa shape index (κ2) is 10.4. The van der Waals surface area contributed by atoms with Gasteiger partial charge in [0.1, 0.15) is 0 Å². The molecule has 0 aliphatic carbocycles. The minimum atomic E-state index is -4.43. The summed E-state index contributed by atoms with van der Waals surface area (Å²) in [6.07, 6.45) is 0.821. The second-order valence-corrected chi connectivity index (χ2v) is 9.11. The molecule has 3 rings (SSSR count). The maximum Gasteiger partial charge on any atom is 0.446 e. The van der Waals surface area contributed by atoms with E-state index in [9.17, 15) is 22.8 Å². The molecule has 5 nitrogen and oxygen atoms in total.